The van der Waals surface area contributed by atoms with Crippen molar-refractivity contribution in [3.63, 3.8) is 0 Å². The fourth-order valence-corrected chi connectivity index (χ4v) is 4.30. The molecule has 9 heteroatoms. The van der Waals surface area contributed by atoms with Crippen LogP contribution in [0, 0.1) is 5.41 Å². The van der Waals surface area contributed by atoms with Crippen molar-refractivity contribution in [3.8, 4) is 0 Å². The molecule has 0 bridgehead atoms. The summed E-state index contributed by atoms with van der Waals surface area (Å²) in [4.78, 5) is 23.4. The number of aryl methyl sites for hydroxylation is 1. The molecule has 1 saturated carbocycles. The smallest absolute Gasteiger partial charge is 0.230 e. The Hall–Kier alpha value is -2.16. The number of rotatable bonds is 6. The van der Waals surface area contributed by atoms with E-state index in [1.54, 1.807) is 19.1 Å². The van der Waals surface area contributed by atoms with Gasteiger partial charge in [-0.1, -0.05) is 12.8 Å². The third kappa shape index (κ3) is 4.45. The van der Waals surface area contributed by atoms with Gasteiger partial charge in [-0.05, 0) is 19.3 Å². The summed E-state index contributed by atoms with van der Waals surface area (Å²) in [6.07, 6.45) is 5.91. The predicted molar refractivity (Wildman–Crippen MR) is 107 cm³/mol. The highest BCUT2D eigenvalue weighted by Gasteiger charge is 2.42. The van der Waals surface area contributed by atoms with Crippen LogP contribution in [0.5, 0.6) is 0 Å². The molecule has 1 aromatic rings. The third-order valence-corrected chi connectivity index (χ3v) is 5.75. The van der Waals surface area contributed by atoms with E-state index in [4.69, 9.17) is 4.74 Å². The highest BCUT2D eigenvalue weighted by atomic mass is 16.5. The largest absolute Gasteiger partial charge is 0.377 e. The molecule has 1 atom stereocenters. The monoisotopic (exact) mass is 391 g/mol. The predicted octanol–water partition coefficient (Wildman–Crippen LogP) is 0.553. The Labute approximate surface area is 166 Å². The Morgan fingerprint density at radius 2 is 2.14 bits per heavy atom. The molecule has 1 aromatic heterocycles. The molecule has 28 heavy (non-hydrogen) atoms. The maximum atomic E-state index is 12.7. The number of methoxy groups -OCH3 is 1. The fraction of sp³-hybridized carbons (Fsp3) is 0.789. The van der Waals surface area contributed by atoms with Crippen LogP contribution in [0.4, 0.5) is 0 Å². The molecule has 1 fully saturated rings. The minimum atomic E-state index is -0.318. The molecular formula is C19H33N7O2. The summed E-state index contributed by atoms with van der Waals surface area (Å²) < 4.78 is 7.08. The van der Waals surface area contributed by atoms with Crippen molar-refractivity contribution < 1.29 is 9.53 Å². The number of aromatic nitrogens is 3. The molecule has 0 radical (unpaired) electrons. The topological polar surface area (TPSA) is 96.7 Å². The van der Waals surface area contributed by atoms with Gasteiger partial charge in [0.15, 0.2) is 11.8 Å². The molecule has 2 N–H and O–H groups in total. The Bertz CT molecular complexity index is 707. The van der Waals surface area contributed by atoms with E-state index in [-0.39, 0.29) is 17.4 Å². The number of amides is 1. The quantitative estimate of drug-likeness (QED) is 0.543. The first-order valence-electron chi connectivity index (χ1n) is 10.1. The van der Waals surface area contributed by atoms with E-state index in [2.05, 4.69) is 25.7 Å². The van der Waals surface area contributed by atoms with E-state index in [9.17, 15) is 4.79 Å². The van der Waals surface area contributed by atoms with Crippen LogP contribution in [0.3, 0.4) is 0 Å². The molecule has 0 saturated heterocycles. The second kappa shape index (κ2) is 8.89. The maximum absolute atomic E-state index is 12.7. The van der Waals surface area contributed by atoms with Crippen molar-refractivity contribution in [3.05, 3.63) is 11.6 Å². The molecule has 9 nitrogen and oxygen atoms in total. The van der Waals surface area contributed by atoms with E-state index in [1.165, 1.54) is 0 Å². The van der Waals surface area contributed by atoms with Gasteiger partial charge < -0.3 is 20.3 Å². The van der Waals surface area contributed by atoms with Gasteiger partial charge in [0.05, 0.1) is 12.0 Å². The zero-order chi connectivity index (χ0) is 20.1. The SMILES string of the molecule is CN=C(NCC1(C(=O)N(C)C)CCCC1)NC1CCc2nc(COC)nn2C1. The lowest BCUT2D eigenvalue weighted by molar-refractivity contribution is -0.138. The normalized spacial score (nSPS) is 21.3. The molecule has 1 aliphatic heterocycles. The van der Waals surface area contributed by atoms with Gasteiger partial charge in [0.2, 0.25) is 5.91 Å². The third-order valence-electron chi connectivity index (χ3n) is 5.75. The zero-order valence-corrected chi connectivity index (χ0v) is 17.5. The van der Waals surface area contributed by atoms with Crippen LogP contribution in [-0.4, -0.2) is 72.4 Å². The van der Waals surface area contributed by atoms with Gasteiger partial charge in [-0.3, -0.25) is 9.79 Å². The Balaban J connectivity index is 1.58. The van der Waals surface area contributed by atoms with E-state index in [1.807, 2.05) is 18.8 Å². The minimum absolute atomic E-state index is 0.212. The molecule has 3 rings (SSSR count). The number of nitrogens with one attached hydrogen (secondary N) is 2. The number of carbonyl (C=O) groups is 1. The summed E-state index contributed by atoms with van der Waals surface area (Å²) in [6.45, 7) is 1.79. The van der Waals surface area contributed by atoms with Crippen molar-refractivity contribution in [2.45, 2.75) is 57.7 Å². The highest BCUT2D eigenvalue weighted by Crippen LogP contribution is 2.38. The summed E-state index contributed by atoms with van der Waals surface area (Å²) >= 11 is 0. The Morgan fingerprint density at radius 1 is 1.39 bits per heavy atom. The van der Waals surface area contributed by atoms with Crippen LogP contribution in [0.1, 0.15) is 43.8 Å². The van der Waals surface area contributed by atoms with Crippen molar-refractivity contribution >= 4 is 11.9 Å². The molecule has 1 unspecified atom stereocenters. The summed E-state index contributed by atoms with van der Waals surface area (Å²) in [5.74, 6) is 2.69. The maximum Gasteiger partial charge on any atom is 0.230 e. The minimum Gasteiger partial charge on any atom is -0.377 e. The number of aliphatic imine (C=N–C) groups is 1. The van der Waals surface area contributed by atoms with Gasteiger partial charge in [0, 0.05) is 47.3 Å². The van der Waals surface area contributed by atoms with E-state index < -0.39 is 0 Å². The van der Waals surface area contributed by atoms with Crippen molar-refractivity contribution in [2.24, 2.45) is 10.4 Å². The molecule has 2 aliphatic rings. The first kappa shape index (κ1) is 20.6. The molecule has 1 aliphatic carbocycles. The zero-order valence-electron chi connectivity index (χ0n) is 17.5. The lowest BCUT2D eigenvalue weighted by Crippen LogP contribution is -2.52. The number of fused-ring (bicyclic) bond motifs is 1. The van der Waals surface area contributed by atoms with E-state index in [0.29, 0.717) is 13.2 Å². The lowest BCUT2D eigenvalue weighted by Gasteiger charge is -2.32. The number of nitrogens with zero attached hydrogens (tertiary/aromatic N) is 5. The Morgan fingerprint density at radius 3 is 2.79 bits per heavy atom. The number of carbonyl (C=O) groups excluding carboxylic acids is 1. The first-order valence-corrected chi connectivity index (χ1v) is 10.1. The van der Waals surface area contributed by atoms with Gasteiger partial charge in [-0.15, -0.1) is 0 Å². The van der Waals surface area contributed by atoms with Crippen LogP contribution in [0.25, 0.3) is 0 Å². The van der Waals surface area contributed by atoms with Gasteiger partial charge in [0.1, 0.15) is 12.4 Å². The van der Waals surface area contributed by atoms with Crippen molar-refractivity contribution in [1.82, 2.24) is 30.3 Å². The average molecular weight is 392 g/mol. The summed E-state index contributed by atoms with van der Waals surface area (Å²) in [6, 6.07) is 0.222. The van der Waals surface area contributed by atoms with Crippen LogP contribution in [0.2, 0.25) is 0 Å². The number of ether oxygens (including phenoxy) is 1. The summed E-state index contributed by atoms with van der Waals surface area (Å²) in [5.41, 5.74) is -0.318. The molecular weight excluding hydrogens is 358 g/mol. The van der Waals surface area contributed by atoms with Gasteiger partial charge in [0.25, 0.3) is 0 Å². The first-order chi connectivity index (χ1) is 13.5. The average Bonchev–Trinajstić information content (AvgIpc) is 3.31. The van der Waals surface area contributed by atoms with Crippen molar-refractivity contribution in [1.29, 1.82) is 0 Å². The second-order valence-electron chi connectivity index (χ2n) is 8.05. The molecule has 0 spiro atoms. The Kier molecular flexibility index (Phi) is 6.53. The van der Waals surface area contributed by atoms with Crippen LogP contribution in [0.15, 0.2) is 4.99 Å². The van der Waals surface area contributed by atoms with E-state index in [0.717, 1.165) is 62.7 Å². The van der Waals surface area contributed by atoms with Crippen LogP contribution in [-0.2, 0) is 29.1 Å². The lowest BCUT2D eigenvalue weighted by atomic mass is 9.84. The molecule has 1 amide bonds. The molecule has 0 aromatic carbocycles. The van der Waals surface area contributed by atoms with Crippen LogP contribution >= 0.6 is 0 Å². The van der Waals surface area contributed by atoms with Crippen LogP contribution < -0.4 is 10.6 Å². The van der Waals surface area contributed by atoms with Gasteiger partial charge >= 0.3 is 0 Å². The number of hydrogen-bond donors (Lipinski definition) is 2. The second-order valence-corrected chi connectivity index (χ2v) is 8.05. The van der Waals surface area contributed by atoms with Crippen molar-refractivity contribution in [2.75, 3.05) is 34.8 Å². The molecule has 156 valence electrons. The highest BCUT2D eigenvalue weighted by molar-refractivity contribution is 5.85. The standard InChI is InChI=1S/C19H33N7O2/c1-20-18(21-13-19(9-5-6-10-19)17(27)25(2)3)22-14-7-8-16-23-15(12-28-4)24-26(16)11-14/h14H,5-13H2,1-4H3,(H2,20,21,22). The van der Waals surface area contributed by atoms with E-state index >= 15 is 0 Å². The summed E-state index contributed by atoms with van der Waals surface area (Å²) in [7, 11) is 7.10. The number of guanidine groups is 1. The van der Waals surface area contributed by atoms with Gasteiger partial charge in [-0.2, -0.15) is 5.10 Å². The van der Waals surface area contributed by atoms with Gasteiger partial charge in [-0.25, -0.2) is 9.67 Å². The summed E-state index contributed by atoms with van der Waals surface area (Å²) in [5, 5.41) is 11.4. The number of hydrogen-bond acceptors (Lipinski definition) is 5. The fourth-order valence-electron chi connectivity index (χ4n) is 4.30. The molecule has 2 heterocycles.